The summed E-state index contributed by atoms with van der Waals surface area (Å²) in [6, 6.07) is 14.0. The van der Waals surface area contributed by atoms with Gasteiger partial charge in [0.1, 0.15) is 0 Å². The molecule has 2 saturated heterocycles. The number of ether oxygens (including phenoxy) is 1. The minimum Gasteiger partial charge on any atom is -0.480 e. The van der Waals surface area contributed by atoms with Gasteiger partial charge in [0.25, 0.3) is 0 Å². The third kappa shape index (κ3) is 3.68. The highest BCUT2D eigenvalue weighted by Crippen LogP contribution is 2.24. The number of nitrogens with zero attached hydrogens (tertiary/aromatic N) is 4. The van der Waals surface area contributed by atoms with Gasteiger partial charge in [0.2, 0.25) is 0 Å². The molecule has 0 radical (unpaired) electrons. The smallest absolute Gasteiger partial charge is 0.317 e. The maximum atomic E-state index is 11.2. The normalized spacial score (nSPS) is 23.5. The summed E-state index contributed by atoms with van der Waals surface area (Å²) >= 11 is 0. The summed E-state index contributed by atoms with van der Waals surface area (Å²) in [4.78, 5) is 15.4. The first-order valence-electron chi connectivity index (χ1n) is 8.87. The maximum absolute atomic E-state index is 11.2. The summed E-state index contributed by atoms with van der Waals surface area (Å²) < 4.78 is 5.74. The number of rotatable bonds is 4. The summed E-state index contributed by atoms with van der Waals surface area (Å²) in [5.74, 6) is 0.298. The van der Waals surface area contributed by atoms with Gasteiger partial charge in [-0.2, -0.15) is 0 Å². The van der Waals surface area contributed by atoms with Gasteiger partial charge in [-0.05, 0) is 12.1 Å². The molecule has 0 unspecified atom stereocenters. The van der Waals surface area contributed by atoms with E-state index < -0.39 is 5.97 Å². The SMILES string of the molecule is O=C(O)CN1C[C@H]2COC[C@@H]1CN(c1ccc(-c3ccccc3)nn1)C2. The number of hydrogen-bond donors (Lipinski definition) is 1. The first kappa shape index (κ1) is 16.9. The molecule has 7 heteroatoms. The summed E-state index contributed by atoms with van der Waals surface area (Å²) in [5, 5.41) is 18.0. The minimum atomic E-state index is -0.795. The Hall–Kier alpha value is -2.51. The van der Waals surface area contributed by atoms with Gasteiger partial charge in [-0.25, -0.2) is 0 Å². The molecule has 2 bridgehead atoms. The van der Waals surface area contributed by atoms with Gasteiger partial charge >= 0.3 is 5.97 Å². The summed E-state index contributed by atoms with van der Waals surface area (Å²) in [7, 11) is 0. The molecule has 1 aromatic carbocycles. The maximum Gasteiger partial charge on any atom is 0.317 e. The standard InChI is InChI=1S/C19H22N4O3/c24-19(25)11-22-8-14-9-23(10-16(22)13-26-12-14)18-7-6-17(20-21-18)15-4-2-1-3-5-15/h1-7,14,16H,8-13H2,(H,24,25)/t14-,16+/m1/s1. The first-order chi connectivity index (χ1) is 12.7. The molecule has 136 valence electrons. The molecule has 1 aromatic heterocycles. The molecule has 2 atom stereocenters. The number of carboxylic acid groups (broad SMARTS) is 1. The van der Waals surface area contributed by atoms with Crippen molar-refractivity contribution in [3.63, 3.8) is 0 Å². The van der Waals surface area contributed by atoms with Crippen molar-refractivity contribution in [3.05, 3.63) is 42.5 Å². The number of benzene rings is 1. The highest BCUT2D eigenvalue weighted by Gasteiger charge is 2.34. The fourth-order valence-electron chi connectivity index (χ4n) is 3.74. The lowest BCUT2D eigenvalue weighted by atomic mass is 10.1. The van der Waals surface area contributed by atoms with Crippen LogP contribution in [0, 0.1) is 5.92 Å². The molecular weight excluding hydrogens is 332 g/mol. The van der Waals surface area contributed by atoms with Gasteiger partial charge in [0.05, 0.1) is 31.5 Å². The third-order valence-electron chi connectivity index (χ3n) is 4.96. The van der Waals surface area contributed by atoms with E-state index in [4.69, 9.17) is 4.74 Å². The molecule has 4 rings (SSSR count). The predicted molar refractivity (Wildman–Crippen MR) is 97.0 cm³/mol. The molecule has 1 N–H and O–H groups in total. The number of hydrogen-bond acceptors (Lipinski definition) is 6. The monoisotopic (exact) mass is 354 g/mol. The molecule has 2 fully saturated rings. The Bertz CT molecular complexity index is 753. The number of aliphatic carboxylic acids is 1. The van der Waals surface area contributed by atoms with E-state index in [2.05, 4.69) is 15.1 Å². The Balaban J connectivity index is 1.53. The van der Waals surface area contributed by atoms with Crippen molar-refractivity contribution in [1.29, 1.82) is 0 Å². The number of carbonyl (C=O) groups is 1. The Morgan fingerprint density at radius 3 is 2.65 bits per heavy atom. The van der Waals surface area contributed by atoms with E-state index in [1.54, 1.807) is 0 Å². The Kier molecular flexibility index (Phi) is 4.81. The second kappa shape index (κ2) is 7.39. The number of anilines is 1. The van der Waals surface area contributed by atoms with E-state index in [0.29, 0.717) is 19.8 Å². The van der Waals surface area contributed by atoms with E-state index in [1.165, 1.54) is 0 Å². The van der Waals surface area contributed by atoms with Gasteiger partial charge in [-0.3, -0.25) is 9.69 Å². The molecule has 2 aliphatic rings. The zero-order valence-corrected chi connectivity index (χ0v) is 14.5. The lowest BCUT2D eigenvalue weighted by molar-refractivity contribution is -0.138. The van der Waals surface area contributed by atoms with Crippen LogP contribution in [0.25, 0.3) is 11.3 Å². The Morgan fingerprint density at radius 2 is 1.92 bits per heavy atom. The van der Waals surface area contributed by atoms with Crippen molar-refractivity contribution in [3.8, 4) is 11.3 Å². The largest absolute Gasteiger partial charge is 0.480 e. The Labute approximate surface area is 152 Å². The fraction of sp³-hybridized carbons (Fsp3) is 0.421. The number of aromatic nitrogens is 2. The van der Waals surface area contributed by atoms with Gasteiger partial charge in [0, 0.05) is 31.1 Å². The van der Waals surface area contributed by atoms with Crippen LogP contribution < -0.4 is 4.90 Å². The molecular formula is C19H22N4O3. The highest BCUT2D eigenvalue weighted by molar-refractivity contribution is 5.69. The van der Waals surface area contributed by atoms with Crippen LogP contribution in [0.4, 0.5) is 5.82 Å². The van der Waals surface area contributed by atoms with Crippen LogP contribution in [0.2, 0.25) is 0 Å². The molecule has 7 nitrogen and oxygen atoms in total. The molecule has 0 aliphatic carbocycles. The zero-order chi connectivity index (χ0) is 17.9. The molecule has 26 heavy (non-hydrogen) atoms. The topological polar surface area (TPSA) is 78.8 Å². The van der Waals surface area contributed by atoms with Gasteiger partial charge in [0.15, 0.2) is 5.82 Å². The van der Waals surface area contributed by atoms with Crippen LogP contribution in [0.5, 0.6) is 0 Å². The summed E-state index contributed by atoms with van der Waals surface area (Å²) in [6.45, 7) is 3.49. The third-order valence-corrected chi connectivity index (χ3v) is 4.96. The average molecular weight is 354 g/mol. The van der Waals surface area contributed by atoms with Crippen molar-refractivity contribution >= 4 is 11.8 Å². The quantitative estimate of drug-likeness (QED) is 0.888. The van der Waals surface area contributed by atoms with Gasteiger partial charge < -0.3 is 14.7 Å². The van der Waals surface area contributed by atoms with Crippen molar-refractivity contribution in [2.75, 3.05) is 44.3 Å². The minimum absolute atomic E-state index is 0.0502. The summed E-state index contributed by atoms with van der Waals surface area (Å²) in [6.07, 6.45) is 0. The van der Waals surface area contributed by atoms with E-state index in [1.807, 2.05) is 47.4 Å². The average Bonchev–Trinajstić information content (AvgIpc) is 2.92. The van der Waals surface area contributed by atoms with E-state index in [-0.39, 0.29) is 18.5 Å². The highest BCUT2D eigenvalue weighted by atomic mass is 16.5. The number of carboxylic acids is 1. The number of fused-ring (bicyclic) bond motifs is 3. The van der Waals surface area contributed by atoms with Crippen LogP contribution in [0.1, 0.15) is 0 Å². The molecule has 0 spiro atoms. The predicted octanol–water partition coefficient (Wildman–Crippen LogP) is 1.37. The molecule has 2 aromatic rings. The second-order valence-electron chi connectivity index (χ2n) is 6.93. The lowest BCUT2D eigenvalue weighted by Gasteiger charge is -2.31. The second-order valence-corrected chi connectivity index (χ2v) is 6.93. The van der Waals surface area contributed by atoms with Crippen LogP contribution >= 0.6 is 0 Å². The van der Waals surface area contributed by atoms with Crippen molar-refractivity contribution in [2.24, 2.45) is 5.92 Å². The van der Waals surface area contributed by atoms with Crippen LogP contribution in [0.15, 0.2) is 42.5 Å². The van der Waals surface area contributed by atoms with Crippen LogP contribution in [-0.4, -0.2) is 71.6 Å². The molecule has 2 aliphatic heterocycles. The van der Waals surface area contributed by atoms with Crippen molar-refractivity contribution < 1.29 is 14.6 Å². The van der Waals surface area contributed by atoms with Crippen molar-refractivity contribution in [2.45, 2.75) is 6.04 Å². The van der Waals surface area contributed by atoms with Gasteiger partial charge in [-0.15, -0.1) is 10.2 Å². The van der Waals surface area contributed by atoms with E-state index in [0.717, 1.165) is 30.2 Å². The fourth-order valence-corrected chi connectivity index (χ4v) is 3.74. The Morgan fingerprint density at radius 1 is 1.08 bits per heavy atom. The van der Waals surface area contributed by atoms with Crippen LogP contribution in [-0.2, 0) is 9.53 Å². The van der Waals surface area contributed by atoms with Crippen molar-refractivity contribution in [1.82, 2.24) is 15.1 Å². The molecule has 0 amide bonds. The zero-order valence-electron chi connectivity index (χ0n) is 14.5. The van der Waals surface area contributed by atoms with E-state index >= 15 is 0 Å². The van der Waals surface area contributed by atoms with Crippen LogP contribution in [0.3, 0.4) is 0 Å². The summed E-state index contributed by atoms with van der Waals surface area (Å²) in [5.41, 5.74) is 1.89. The molecule has 3 heterocycles. The molecule has 0 saturated carbocycles. The first-order valence-corrected chi connectivity index (χ1v) is 8.87. The van der Waals surface area contributed by atoms with E-state index in [9.17, 15) is 9.90 Å². The van der Waals surface area contributed by atoms with Gasteiger partial charge in [-0.1, -0.05) is 30.3 Å². The lowest BCUT2D eigenvalue weighted by Crippen LogP contribution is -2.46.